The SMILES string of the molecule is [C-]#[N+]c1ccc(/C=C/c2cc(CNCC3CNC3)cc(OCC=C)c2)cc1C. The molecule has 2 N–H and O–H groups in total. The van der Waals surface area contributed by atoms with Crippen LogP contribution in [-0.4, -0.2) is 26.2 Å². The van der Waals surface area contributed by atoms with E-state index in [-0.39, 0.29) is 0 Å². The topological polar surface area (TPSA) is 37.7 Å². The molecule has 0 bridgehead atoms. The minimum Gasteiger partial charge on any atom is -0.490 e. The zero-order valence-corrected chi connectivity index (χ0v) is 16.4. The Morgan fingerprint density at radius 3 is 2.71 bits per heavy atom. The summed E-state index contributed by atoms with van der Waals surface area (Å²) in [6.45, 7) is 17.4. The van der Waals surface area contributed by atoms with Gasteiger partial charge in [-0.05, 0) is 47.2 Å². The molecule has 0 radical (unpaired) electrons. The highest BCUT2D eigenvalue weighted by atomic mass is 16.5. The van der Waals surface area contributed by atoms with Crippen molar-refractivity contribution in [2.45, 2.75) is 13.5 Å². The van der Waals surface area contributed by atoms with Gasteiger partial charge in [0.1, 0.15) is 12.4 Å². The van der Waals surface area contributed by atoms with Crippen molar-refractivity contribution in [2.24, 2.45) is 5.92 Å². The Kier molecular flexibility index (Phi) is 7.02. The van der Waals surface area contributed by atoms with Crippen molar-refractivity contribution in [1.29, 1.82) is 0 Å². The van der Waals surface area contributed by atoms with E-state index in [1.165, 1.54) is 5.56 Å². The average molecular weight is 374 g/mol. The maximum Gasteiger partial charge on any atom is 0.190 e. The van der Waals surface area contributed by atoms with Crippen molar-refractivity contribution < 1.29 is 4.74 Å². The van der Waals surface area contributed by atoms with Crippen LogP contribution >= 0.6 is 0 Å². The van der Waals surface area contributed by atoms with Crippen LogP contribution in [0.3, 0.4) is 0 Å². The van der Waals surface area contributed by atoms with Crippen molar-refractivity contribution in [3.8, 4) is 5.75 Å². The van der Waals surface area contributed by atoms with E-state index in [2.05, 4.69) is 46.3 Å². The first kappa shape index (κ1) is 19.9. The molecule has 1 aliphatic heterocycles. The molecule has 1 saturated heterocycles. The second kappa shape index (κ2) is 9.89. The van der Waals surface area contributed by atoms with Crippen LogP contribution in [0.5, 0.6) is 5.75 Å². The van der Waals surface area contributed by atoms with Gasteiger partial charge < -0.3 is 15.4 Å². The predicted octanol–water partition coefficient (Wildman–Crippen LogP) is 4.59. The van der Waals surface area contributed by atoms with Gasteiger partial charge >= 0.3 is 0 Å². The van der Waals surface area contributed by atoms with Crippen LogP contribution in [0, 0.1) is 19.4 Å². The summed E-state index contributed by atoms with van der Waals surface area (Å²) in [6.07, 6.45) is 5.92. The van der Waals surface area contributed by atoms with Crippen molar-refractivity contribution in [1.82, 2.24) is 10.6 Å². The molecule has 3 rings (SSSR count). The molecule has 4 nitrogen and oxygen atoms in total. The van der Waals surface area contributed by atoms with E-state index in [9.17, 15) is 0 Å². The van der Waals surface area contributed by atoms with E-state index < -0.39 is 0 Å². The number of hydrogen-bond acceptors (Lipinski definition) is 3. The van der Waals surface area contributed by atoms with E-state index in [1.54, 1.807) is 6.08 Å². The second-order valence-electron chi connectivity index (χ2n) is 7.16. The van der Waals surface area contributed by atoms with Gasteiger partial charge in [-0.25, -0.2) is 4.85 Å². The Morgan fingerprint density at radius 1 is 1.21 bits per heavy atom. The van der Waals surface area contributed by atoms with Crippen LogP contribution in [0.4, 0.5) is 5.69 Å². The molecule has 0 aromatic heterocycles. The quantitative estimate of drug-likeness (QED) is 0.384. The zero-order valence-electron chi connectivity index (χ0n) is 16.4. The summed E-state index contributed by atoms with van der Waals surface area (Å²) in [5.41, 5.74) is 5.07. The van der Waals surface area contributed by atoms with E-state index in [0.29, 0.717) is 12.3 Å². The lowest BCUT2D eigenvalue weighted by Gasteiger charge is -2.27. The van der Waals surface area contributed by atoms with E-state index in [4.69, 9.17) is 11.3 Å². The summed E-state index contributed by atoms with van der Waals surface area (Å²) in [4.78, 5) is 3.52. The maximum absolute atomic E-state index is 7.17. The Bertz CT molecular complexity index is 891. The normalized spacial score (nSPS) is 13.9. The molecule has 0 unspecified atom stereocenters. The molecule has 144 valence electrons. The molecular formula is C24H27N3O. The van der Waals surface area contributed by atoms with Gasteiger partial charge in [-0.3, -0.25) is 0 Å². The van der Waals surface area contributed by atoms with Crippen LogP contribution in [0.25, 0.3) is 17.0 Å². The van der Waals surface area contributed by atoms with Gasteiger partial charge in [0.2, 0.25) is 0 Å². The molecule has 0 aliphatic carbocycles. The number of benzene rings is 2. The van der Waals surface area contributed by atoms with Crippen molar-refractivity contribution in [2.75, 3.05) is 26.2 Å². The predicted molar refractivity (Wildman–Crippen MR) is 117 cm³/mol. The van der Waals surface area contributed by atoms with Gasteiger partial charge in [-0.2, -0.15) is 0 Å². The molecule has 1 aliphatic rings. The number of ether oxygens (including phenoxy) is 1. The lowest BCUT2D eigenvalue weighted by Crippen LogP contribution is -2.47. The first-order chi connectivity index (χ1) is 13.7. The fraction of sp³-hybridized carbons (Fsp3) is 0.292. The molecular weight excluding hydrogens is 346 g/mol. The van der Waals surface area contributed by atoms with E-state index in [1.807, 2.05) is 31.2 Å². The third-order valence-corrected chi connectivity index (χ3v) is 4.79. The second-order valence-corrected chi connectivity index (χ2v) is 7.16. The number of rotatable bonds is 9. The van der Waals surface area contributed by atoms with Crippen molar-refractivity contribution in [3.05, 3.63) is 82.7 Å². The van der Waals surface area contributed by atoms with Gasteiger partial charge in [-0.15, -0.1) is 0 Å². The fourth-order valence-corrected chi connectivity index (χ4v) is 3.14. The molecule has 2 aromatic carbocycles. The number of aryl methyl sites for hydroxylation is 1. The Balaban J connectivity index is 1.73. The molecule has 4 heteroatoms. The fourth-order valence-electron chi connectivity index (χ4n) is 3.14. The molecule has 1 fully saturated rings. The number of nitrogens with zero attached hydrogens (tertiary/aromatic N) is 1. The number of nitrogens with one attached hydrogen (secondary N) is 2. The van der Waals surface area contributed by atoms with Gasteiger partial charge in [-0.1, -0.05) is 49.1 Å². The van der Waals surface area contributed by atoms with Gasteiger partial charge in [0.25, 0.3) is 0 Å². The van der Waals surface area contributed by atoms with Crippen LogP contribution in [0.15, 0.2) is 49.1 Å². The summed E-state index contributed by atoms with van der Waals surface area (Å²) in [6, 6.07) is 12.2. The molecule has 0 atom stereocenters. The molecule has 2 aromatic rings. The van der Waals surface area contributed by atoms with Gasteiger partial charge in [0.15, 0.2) is 5.69 Å². The monoisotopic (exact) mass is 373 g/mol. The average Bonchev–Trinajstić information content (AvgIpc) is 2.66. The first-order valence-electron chi connectivity index (χ1n) is 9.63. The molecule has 0 amide bonds. The molecule has 0 spiro atoms. The number of hydrogen-bond donors (Lipinski definition) is 2. The maximum atomic E-state index is 7.17. The summed E-state index contributed by atoms with van der Waals surface area (Å²) in [5.74, 6) is 1.59. The van der Waals surface area contributed by atoms with Crippen LogP contribution in [-0.2, 0) is 6.54 Å². The summed E-state index contributed by atoms with van der Waals surface area (Å²) >= 11 is 0. The van der Waals surface area contributed by atoms with Crippen LogP contribution < -0.4 is 15.4 Å². The van der Waals surface area contributed by atoms with Gasteiger partial charge in [0, 0.05) is 26.2 Å². The highest BCUT2D eigenvalue weighted by molar-refractivity contribution is 5.72. The third kappa shape index (κ3) is 5.56. The van der Waals surface area contributed by atoms with Gasteiger partial charge in [0.05, 0.1) is 6.57 Å². The smallest absolute Gasteiger partial charge is 0.190 e. The minimum atomic E-state index is 0.491. The Hall–Kier alpha value is -2.87. The zero-order chi connectivity index (χ0) is 19.8. The summed E-state index contributed by atoms with van der Waals surface area (Å²) in [7, 11) is 0. The summed E-state index contributed by atoms with van der Waals surface area (Å²) < 4.78 is 5.77. The Labute approximate surface area is 167 Å². The standard InChI is InChI=1S/C24H27N3O/c1-4-9-28-23-12-20(6-5-19-7-8-24(25-3)18(2)10-19)11-21(13-23)14-26-15-22-16-27-17-22/h4-8,10-13,22,26-27H,1,9,14-17H2,2H3/b6-5+. The van der Waals surface area contributed by atoms with Crippen molar-refractivity contribution >= 4 is 17.8 Å². The van der Waals surface area contributed by atoms with Crippen LogP contribution in [0.2, 0.25) is 0 Å². The molecule has 1 heterocycles. The lowest BCUT2D eigenvalue weighted by molar-refractivity contribution is 0.331. The third-order valence-electron chi connectivity index (χ3n) is 4.79. The van der Waals surface area contributed by atoms with Crippen molar-refractivity contribution in [3.63, 3.8) is 0 Å². The molecule has 28 heavy (non-hydrogen) atoms. The van der Waals surface area contributed by atoms with E-state index >= 15 is 0 Å². The van der Waals surface area contributed by atoms with E-state index in [0.717, 1.165) is 54.5 Å². The van der Waals surface area contributed by atoms with Crippen LogP contribution in [0.1, 0.15) is 22.3 Å². The molecule has 0 saturated carbocycles. The first-order valence-corrected chi connectivity index (χ1v) is 9.63. The minimum absolute atomic E-state index is 0.491. The lowest BCUT2D eigenvalue weighted by atomic mass is 10.0. The largest absolute Gasteiger partial charge is 0.490 e. The highest BCUT2D eigenvalue weighted by Gasteiger charge is 2.15. The summed E-state index contributed by atoms with van der Waals surface area (Å²) in [5, 5.41) is 6.84. The Morgan fingerprint density at radius 2 is 2.04 bits per heavy atom. The highest BCUT2D eigenvalue weighted by Crippen LogP contribution is 2.23.